The molecule has 1 aliphatic carbocycles. The number of piperidine rings is 2. The van der Waals surface area contributed by atoms with E-state index in [2.05, 4.69) is 10.3 Å². The summed E-state index contributed by atoms with van der Waals surface area (Å²) in [5, 5.41) is 3.08. The van der Waals surface area contributed by atoms with E-state index >= 15 is 0 Å². The third-order valence-corrected chi connectivity index (χ3v) is 7.60. The monoisotopic (exact) mass is 460 g/mol. The molecule has 2 bridgehead atoms. The number of rotatable bonds is 5. The second-order valence-corrected chi connectivity index (χ2v) is 9.76. The number of pyridine rings is 1. The number of amides is 1. The number of hydrogen-bond donors (Lipinski definition) is 2. The molecule has 0 spiro atoms. The summed E-state index contributed by atoms with van der Waals surface area (Å²) in [6.07, 6.45) is 2.51. The topological polar surface area (TPSA) is 71.2 Å². The van der Waals surface area contributed by atoms with Crippen LogP contribution in [0.5, 0.6) is 0 Å². The van der Waals surface area contributed by atoms with E-state index in [1.54, 1.807) is 0 Å². The maximum Gasteiger partial charge on any atom is 0.263 e. The Bertz CT molecular complexity index is 1210. The van der Waals surface area contributed by atoms with E-state index in [0.29, 0.717) is 27.7 Å². The molecule has 0 unspecified atom stereocenters. The lowest BCUT2D eigenvalue weighted by atomic mass is 9.71. The van der Waals surface area contributed by atoms with Gasteiger partial charge < -0.3 is 16.0 Å². The normalized spacial score (nSPS) is 19.8. The number of nitrogen functional groups attached to an aromatic ring is 1. The lowest BCUT2D eigenvalue weighted by Gasteiger charge is -2.48. The molecule has 9 heteroatoms. The van der Waals surface area contributed by atoms with Crippen LogP contribution in [0.2, 0.25) is 0 Å². The molecule has 3 aromatic rings. The first-order valence-electron chi connectivity index (χ1n) is 10.7. The second-order valence-electron chi connectivity index (χ2n) is 8.76. The fraction of sp³-hybridized carbons (Fsp3) is 0.391. The van der Waals surface area contributed by atoms with Gasteiger partial charge in [0.05, 0.1) is 17.1 Å². The van der Waals surface area contributed by atoms with Crippen LogP contribution in [-0.2, 0) is 6.42 Å². The maximum absolute atomic E-state index is 14.7. The third-order valence-electron chi connectivity index (χ3n) is 6.48. The Morgan fingerprint density at radius 2 is 1.88 bits per heavy atom. The molecule has 5 nitrogen and oxygen atoms in total. The van der Waals surface area contributed by atoms with E-state index in [1.807, 2.05) is 4.90 Å². The molecule has 0 radical (unpaired) electrons. The Morgan fingerprint density at radius 3 is 2.59 bits per heavy atom. The van der Waals surface area contributed by atoms with E-state index in [4.69, 9.17) is 5.73 Å². The summed E-state index contributed by atoms with van der Waals surface area (Å²) in [5.74, 6) is -0.686. The molecule has 3 aliphatic rings. The summed E-state index contributed by atoms with van der Waals surface area (Å²) >= 11 is 1.07. The average molecular weight is 461 g/mol. The highest BCUT2D eigenvalue weighted by Gasteiger charge is 2.38. The number of aryl methyl sites for hydroxylation is 1. The summed E-state index contributed by atoms with van der Waals surface area (Å²) < 4.78 is 43.1. The number of anilines is 2. The predicted molar refractivity (Wildman–Crippen MR) is 120 cm³/mol. The number of carbonyl (C=O) groups excluding carboxylic acids is 1. The van der Waals surface area contributed by atoms with Gasteiger partial charge in [-0.05, 0) is 55.7 Å². The van der Waals surface area contributed by atoms with E-state index in [-0.39, 0.29) is 34.8 Å². The molecule has 6 rings (SSSR count). The summed E-state index contributed by atoms with van der Waals surface area (Å²) in [4.78, 5) is 19.3. The van der Waals surface area contributed by atoms with Crippen LogP contribution in [0, 0.1) is 36.2 Å². The van der Waals surface area contributed by atoms with Crippen LogP contribution in [0.25, 0.3) is 10.2 Å². The van der Waals surface area contributed by atoms with Crippen molar-refractivity contribution >= 4 is 38.8 Å². The van der Waals surface area contributed by atoms with Gasteiger partial charge >= 0.3 is 0 Å². The highest BCUT2D eigenvalue weighted by molar-refractivity contribution is 7.21. The second kappa shape index (κ2) is 7.95. The number of nitrogens with zero attached hydrogens (tertiary/aromatic N) is 2. The van der Waals surface area contributed by atoms with E-state index in [1.165, 1.54) is 38.0 Å². The van der Waals surface area contributed by atoms with Gasteiger partial charge in [-0.15, -0.1) is 11.3 Å². The average Bonchev–Trinajstić information content (AvgIpc) is 3.05. The first-order chi connectivity index (χ1) is 15.3. The highest BCUT2D eigenvalue weighted by atomic mass is 32.1. The fourth-order valence-electron chi connectivity index (χ4n) is 4.74. The molecule has 2 saturated heterocycles. The van der Waals surface area contributed by atoms with Gasteiger partial charge in [-0.1, -0.05) is 0 Å². The quantitative estimate of drug-likeness (QED) is 0.591. The summed E-state index contributed by atoms with van der Waals surface area (Å²) in [5.41, 5.74) is 6.93. The summed E-state index contributed by atoms with van der Waals surface area (Å²) in [6, 6.07) is 3.76. The first-order valence-corrected chi connectivity index (χ1v) is 11.5. The zero-order valence-corrected chi connectivity index (χ0v) is 18.4. The van der Waals surface area contributed by atoms with Gasteiger partial charge in [0, 0.05) is 31.1 Å². The van der Waals surface area contributed by atoms with Crippen LogP contribution in [0.4, 0.5) is 24.5 Å². The third kappa shape index (κ3) is 3.68. The molecule has 3 fully saturated rings. The van der Waals surface area contributed by atoms with E-state index in [9.17, 15) is 18.0 Å². The fourth-order valence-corrected chi connectivity index (χ4v) is 5.78. The van der Waals surface area contributed by atoms with Crippen LogP contribution in [0.1, 0.15) is 33.8 Å². The standard InChI is InChI=1S/C23H23F3N4OS/c1-11-16(24)7-15-20(27)21(32-23(15)29-11)22(31)28-3-2-14-6-18(26)19(8-17(14)25)30-9-12-4-13(5-12)10-30/h6-8,12-13H,2-5,9-10,27H2,1H3,(H,28,31). The number of fused-ring (bicyclic) bond motifs is 3. The number of carbonyl (C=O) groups is 1. The number of aromatic nitrogens is 1. The molecule has 168 valence electrons. The largest absolute Gasteiger partial charge is 0.397 e. The number of halogens is 3. The molecule has 2 aromatic heterocycles. The van der Waals surface area contributed by atoms with Crippen LogP contribution in [0.15, 0.2) is 18.2 Å². The van der Waals surface area contributed by atoms with Crippen molar-refractivity contribution < 1.29 is 18.0 Å². The molecule has 1 aromatic carbocycles. The molecular formula is C23H23F3N4OS. The lowest BCUT2D eigenvalue weighted by Crippen LogP contribution is -2.49. The lowest BCUT2D eigenvalue weighted by molar-refractivity contribution is 0.0959. The van der Waals surface area contributed by atoms with Crippen molar-refractivity contribution in [3.05, 3.63) is 51.8 Å². The molecule has 1 amide bonds. The maximum atomic E-state index is 14.7. The smallest absolute Gasteiger partial charge is 0.263 e. The van der Waals surface area contributed by atoms with E-state index < -0.39 is 23.4 Å². The Kier molecular flexibility index (Phi) is 5.23. The van der Waals surface area contributed by atoms with Gasteiger partial charge in [-0.3, -0.25) is 4.79 Å². The van der Waals surface area contributed by atoms with Crippen molar-refractivity contribution in [3.8, 4) is 0 Å². The highest BCUT2D eigenvalue weighted by Crippen LogP contribution is 2.42. The van der Waals surface area contributed by atoms with Gasteiger partial charge in [0.1, 0.15) is 27.2 Å². The van der Waals surface area contributed by atoms with Crippen molar-refractivity contribution in [1.82, 2.24) is 10.3 Å². The molecule has 2 aliphatic heterocycles. The predicted octanol–water partition coefficient (Wildman–Crippen LogP) is 4.42. The molecule has 1 saturated carbocycles. The first kappa shape index (κ1) is 21.1. The number of thiophene rings is 1. The zero-order valence-electron chi connectivity index (χ0n) is 17.6. The van der Waals surface area contributed by atoms with E-state index in [0.717, 1.165) is 24.4 Å². The minimum atomic E-state index is -0.489. The number of nitrogens with one attached hydrogen (secondary N) is 1. The minimum absolute atomic E-state index is 0.108. The minimum Gasteiger partial charge on any atom is -0.397 e. The van der Waals surface area contributed by atoms with Crippen molar-refractivity contribution in [2.45, 2.75) is 26.2 Å². The number of nitrogens with two attached hydrogens (primary N) is 1. The molecule has 0 atom stereocenters. The number of hydrogen-bond acceptors (Lipinski definition) is 5. The Labute approximate surface area is 187 Å². The van der Waals surface area contributed by atoms with Crippen molar-refractivity contribution in [2.24, 2.45) is 11.8 Å². The van der Waals surface area contributed by atoms with Crippen molar-refractivity contribution in [1.29, 1.82) is 0 Å². The van der Waals surface area contributed by atoms with Gasteiger partial charge in [-0.2, -0.15) is 0 Å². The summed E-state index contributed by atoms with van der Waals surface area (Å²) in [7, 11) is 0. The Hall–Kier alpha value is -2.81. The van der Waals surface area contributed by atoms with Gasteiger partial charge in [0.15, 0.2) is 0 Å². The van der Waals surface area contributed by atoms with Crippen molar-refractivity contribution in [3.63, 3.8) is 0 Å². The zero-order chi connectivity index (χ0) is 22.6. The van der Waals surface area contributed by atoms with Crippen LogP contribution < -0.4 is 16.0 Å². The van der Waals surface area contributed by atoms with Crippen molar-refractivity contribution in [2.75, 3.05) is 30.3 Å². The molecule has 4 heterocycles. The van der Waals surface area contributed by atoms with Crippen LogP contribution >= 0.6 is 11.3 Å². The van der Waals surface area contributed by atoms with Gasteiger partial charge in [0.25, 0.3) is 5.91 Å². The summed E-state index contributed by atoms with van der Waals surface area (Å²) in [6.45, 7) is 3.20. The Morgan fingerprint density at radius 1 is 1.16 bits per heavy atom. The number of benzene rings is 1. The van der Waals surface area contributed by atoms with Crippen LogP contribution in [-0.4, -0.2) is 30.5 Å². The molecular weight excluding hydrogens is 437 g/mol. The van der Waals surface area contributed by atoms with Gasteiger partial charge in [0.2, 0.25) is 0 Å². The molecule has 32 heavy (non-hydrogen) atoms. The SMILES string of the molecule is Cc1nc2sc(C(=O)NCCc3cc(F)c(N4CC5CC(C5)C4)cc3F)c(N)c2cc1F. The Balaban J connectivity index is 1.25. The van der Waals surface area contributed by atoms with Crippen LogP contribution in [0.3, 0.4) is 0 Å². The molecule has 3 N–H and O–H groups in total. The van der Waals surface area contributed by atoms with Gasteiger partial charge in [-0.25, -0.2) is 18.2 Å².